The lowest BCUT2D eigenvalue weighted by atomic mass is 10.0. The van der Waals surface area contributed by atoms with Crippen LogP contribution in [-0.4, -0.2) is 198 Å². The maximum Gasteiger partial charge on any atom is 0.258 e. The summed E-state index contributed by atoms with van der Waals surface area (Å²) in [6, 6.07) is 33.2. The molecule has 4 saturated carbocycles. The number of ether oxygens (including phenoxy) is 4. The van der Waals surface area contributed by atoms with Gasteiger partial charge in [-0.25, -0.2) is 58.6 Å². The molecule has 20 rings (SSSR count). The third-order valence-corrected chi connectivity index (χ3v) is 22.5. The zero-order valence-corrected chi connectivity index (χ0v) is 64.7. The zero-order valence-electron chi connectivity index (χ0n) is 66.7. The van der Waals surface area contributed by atoms with Crippen molar-refractivity contribution in [2.24, 2.45) is 23.7 Å². The number of aryl methyl sites for hydroxylation is 5. The molecule has 2 aromatic carbocycles. The van der Waals surface area contributed by atoms with Gasteiger partial charge in [-0.1, -0.05) is 48.5 Å². The number of hydrogen-bond donors (Lipinski definition) is 0. The fourth-order valence-electron chi connectivity index (χ4n) is 17.2. The van der Waals surface area contributed by atoms with E-state index in [2.05, 4.69) is 70.2 Å². The van der Waals surface area contributed by atoms with Gasteiger partial charge >= 0.3 is 0 Å². The van der Waals surface area contributed by atoms with Crippen molar-refractivity contribution < 1.29 is 49.6 Å². The summed E-state index contributed by atoms with van der Waals surface area (Å²) in [5.41, 5.74) is 7.31. The normalized spacial score (nSPS) is 23.3. The largest absolute Gasteiger partial charge is 0.472 e. The predicted molar refractivity (Wildman–Crippen MR) is 422 cm³/mol. The van der Waals surface area contributed by atoms with E-state index >= 15 is 0 Å². The lowest BCUT2D eigenvalue weighted by Crippen LogP contribution is -2.47. The summed E-state index contributed by atoms with van der Waals surface area (Å²) >= 11 is 0. The average molecular weight is 1580 g/mol. The van der Waals surface area contributed by atoms with Crippen LogP contribution >= 0.6 is 0 Å². The second kappa shape index (κ2) is 33.3. The minimum absolute atomic E-state index is 0.00722. The van der Waals surface area contributed by atoms with Crippen LogP contribution in [0, 0.1) is 69.9 Å². The van der Waals surface area contributed by atoms with Gasteiger partial charge in [-0.05, 0) is 180 Å². The molecule has 4 saturated heterocycles. The van der Waals surface area contributed by atoms with E-state index in [9.17, 15) is 28.0 Å². The van der Waals surface area contributed by atoms with E-state index in [1.165, 1.54) is 45.1 Å². The van der Waals surface area contributed by atoms with Crippen LogP contribution in [0.1, 0.15) is 123 Å². The highest BCUT2D eigenvalue weighted by Gasteiger charge is 2.53. The molecular formula is C87H84F2N20O8. The number of carbonyl (C=O) groups is 4. The van der Waals surface area contributed by atoms with E-state index < -0.39 is 36.2 Å². The second-order valence-electron chi connectivity index (χ2n) is 30.8. The monoisotopic (exact) mass is 1580 g/mol. The number of benzene rings is 2. The molecule has 14 heterocycles. The highest BCUT2D eigenvalue weighted by Crippen LogP contribution is 2.45. The fourth-order valence-corrected chi connectivity index (χ4v) is 17.2. The maximum atomic E-state index is 14.8. The summed E-state index contributed by atoms with van der Waals surface area (Å²) in [5, 5.41) is 16.5. The summed E-state index contributed by atoms with van der Waals surface area (Å²) < 4.78 is 69.7. The quantitative estimate of drug-likeness (QED) is 0.0867. The Labute approximate surface area is 675 Å². The van der Waals surface area contributed by atoms with E-state index in [-0.39, 0.29) is 77.0 Å². The average Bonchev–Trinajstić information content (AvgIpc) is 1.57. The van der Waals surface area contributed by atoms with E-state index in [0.717, 1.165) is 91.8 Å². The zero-order chi connectivity index (χ0) is 82.2. The van der Waals surface area contributed by atoms with Crippen molar-refractivity contribution in [3.8, 4) is 57.9 Å². The van der Waals surface area contributed by atoms with E-state index in [4.69, 9.17) is 21.7 Å². The summed E-state index contributed by atoms with van der Waals surface area (Å²) in [6.07, 6.45) is 28.0. The molecule has 30 heteroatoms. The lowest BCUT2D eigenvalue weighted by Gasteiger charge is -2.33. The first-order chi connectivity index (χ1) is 57.7. The highest BCUT2D eigenvalue weighted by atomic mass is 19.1. The van der Waals surface area contributed by atoms with Crippen molar-refractivity contribution in [3.63, 3.8) is 0 Å². The molecule has 8 aliphatic rings. The van der Waals surface area contributed by atoms with Gasteiger partial charge in [-0.2, -0.15) is 20.4 Å². The Morgan fingerprint density at radius 1 is 0.359 bits per heavy atom. The molecule has 12 unspecified atom stereocenters. The predicted octanol–water partition coefficient (Wildman–Crippen LogP) is 11.7. The van der Waals surface area contributed by atoms with Crippen LogP contribution in [0.4, 0.5) is 8.78 Å². The molecule has 4 aliphatic carbocycles. The number of aromatic nitrogens is 16. The molecule has 0 N–H and O–H groups in total. The Bertz CT molecular complexity index is 5640. The lowest BCUT2D eigenvalue weighted by molar-refractivity contribution is 0.0463. The van der Waals surface area contributed by atoms with Crippen molar-refractivity contribution >= 4 is 23.6 Å². The van der Waals surface area contributed by atoms with Crippen LogP contribution in [0.5, 0.6) is 23.5 Å². The Morgan fingerprint density at radius 2 is 0.761 bits per heavy atom. The number of carbonyl (C=O) groups excluding carboxylic acids is 4. The maximum absolute atomic E-state index is 14.8. The Hall–Kier alpha value is -13.3. The second-order valence-corrected chi connectivity index (χ2v) is 30.8. The molecule has 0 spiro atoms. The molecule has 12 aromatic rings. The van der Waals surface area contributed by atoms with Gasteiger partial charge in [-0.3, -0.25) is 19.2 Å². The fraction of sp³-hybridized carbons (Fsp3) is 0.333. The van der Waals surface area contributed by atoms with Gasteiger partial charge in [-0.15, -0.1) is 9.59 Å². The molecule has 4 aliphatic heterocycles. The standard InChI is InChI=1S/2C23H21FN4O2.C21H22N6O2.C20H20N6O2/c1-14-6-7-20(27-12-14)30-19-11-15-10-18(19)28(13-15)23(29)16-4-2-5-17(24)21(16)22-25-8-3-9-26-22;1-14-6-7-21(25-10-14)30-20-9-15-8-19(20)28(13-15)23(29)18-5-3-2-4-17(18)22-26-11-16(24)12-27-22;1-13-3-4-19(22-10-13)29-18-9-15-8-17(18)26(12-15)21(28)16-7-14(2)11-23-20(16)27-24-5-6-25-27;1-13-4-5-18(22-11-13)28-17-10-14-9-16(17)25(12-14)20(27)15-3-2-6-21-19(15)26-23-7-8-24-26/h2-9,12,15,18-19H,10-11,13H2,1H3;2-7,10-12,15,19-20H,8-9,13H2,1H3;3-7,10-11,15,17-18H,8-9,12H2,1-2H3;2-8,11,14,16-17H,9-10,12H2,1H3/i13D2;;;. The number of piperidine rings is 4. The molecule has 10 aromatic heterocycles. The third-order valence-electron chi connectivity index (χ3n) is 22.5. The van der Waals surface area contributed by atoms with Crippen LogP contribution in [0.15, 0.2) is 202 Å². The van der Waals surface area contributed by atoms with Crippen LogP contribution in [0.25, 0.3) is 34.4 Å². The van der Waals surface area contributed by atoms with Gasteiger partial charge in [0.1, 0.15) is 30.2 Å². The number of hydrogen-bond acceptors (Lipinski definition) is 22. The van der Waals surface area contributed by atoms with Gasteiger partial charge in [0.15, 0.2) is 29.1 Å². The van der Waals surface area contributed by atoms with Crippen molar-refractivity contribution in [2.75, 3.05) is 26.1 Å². The molecule has 8 fully saturated rings. The summed E-state index contributed by atoms with van der Waals surface area (Å²) in [4.78, 5) is 106. The van der Waals surface area contributed by atoms with Gasteiger partial charge in [0.05, 0.1) is 89.2 Å². The number of pyridine rings is 6. The SMILES string of the molecule is Cc1ccc(OC2CC3CC2N(C(=O)c2cc(C)cnc2-n2nccn2)C3)nc1.Cc1ccc(OC2CC3CC2N(C(=O)c2ccccc2-c2ncc(F)cn2)C3)nc1.Cc1ccc(OC2CC3CC2N(C(=O)c2cccnc2-n2nccn2)C3)nc1.[2H]C1([2H])C2CC(Oc3ccc(C)cn3)C(C2)N1C(=O)c1cccc(F)c1-c1ncccn1. The Morgan fingerprint density at radius 3 is 1.23 bits per heavy atom. The topological polar surface area (TPSA) is 308 Å². The van der Waals surface area contributed by atoms with Crippen LogP contribution in [-0.2, 0) is 0 Å². The van der Waals surface area contributed by atoms with E-state index in [1.807, 2.05) is 110 Å². The number of nitrogens with zero attached hydrogens (tertiary/aromatic N) is 20. The summed E-state index contributed by atoms with van der Waals surface area (Å²) in [5.74, 6) is 2.56. The third kappa shape index (κ3) is 16.4. The van der Waals surface area contributed by atoms with Crippen LogP contribution in [0.3, 0.4) is 0 Å². The number of likely N-dealkylation sites (tertiary alicyclic amines) is 4. The van der Waals surface area contributed by atoms with Crippen molar-refractivity contribution in [1.29, 1.82) is 0 Å². The number of rotatable bonds is 16. The van der Waals surface area contributed by atoms with Gasteiger partial charge in [0.25, 0.3) is 23.6 Å². The Kier molecular flexibility index (Phi) is 21.0. The molecule has 594 valence electrons. The van der Waals surface area contributed by atoms with Crippen LogP contribution in [0.2, 0.25) is 0 Å². The number of amides is 4. The first-order valence-electron chi connectivity index (χ1n) is 40.1. The Balaban J connectivity index is 0.000000114. The smallest absolute Gasteiger partial charge is 0.258 e. The molecule has 4 amide bonds. The van der Waals surface area contributed by atoms with Gasteiger partial charge in [0, 0.05) is 108 Å². The van der Waals surface area contributed by atoms with Crippen LogP contribution < -0.4 is 18.9 Å². The molecule has 0 radical (unpaired) electrons. The number of fused-ring (bicyclic) bond motifs is 8. The molecule has 117 heavy (non-hydrogen) atoms. The minimum Gasteiger partial charge on any atom is -0.472 e. The molecule has 12 atom stereocenters. The van der Waals surface area contributed by atoms with Crippen molar-refractivity contribution in [3.05, 3.63) is 264 Å². The highest BCUT2D eigenvalue weighted by molar-refractivity contribution is 6.02. The summed E-state index contributed by atoms with van der Waals surface area (Å²) in [6.45, 7) is 10.1. The minimum atomic E-state index is -1.87. The molecule has 28 nitrogen and oxygen atoms in total. The molecular weight excluding hydrogens is 1490 g/mol. The number of halogens is 2. The summed E-state index contributed by atoms with van der Waals surface area (Å²) in [7, 11) is 0. The van der Waals surface area contributed by atoms with Crippen molar-refractivity contribution in [2.45, 2.75) is 135 Å². The van der Waals surface area contributed by atoms with Gasteiger partial charge < -0.3 is 38.5 Å². The van der Waals surface area contributed by atoms with E-state index in [0.29, 0.717) is 100 Å². The first kappa shape index (κ1) is 73.9. The van der Waals surface area contributed by atoms with Crippen molar-refractivity contribution in [1.82, 2.24) is 99.4 Å². The van der Waals surface area contributed by atoms with Gasteiger partial charge in [0.2, 0.25) is 23.5 Å². The van der Waals surface area contributed by atoms with E-state index in [1.54, 1.807) is 98.4 Å². The molecule has 8 bridgehead atoms. The first-order valence-corrected chi connectivity index (χ1v) is 39.1.